The third-order valence-corrected chi connectivity index (χ3v) is 3.05. The number of benzene rings is 1. The van der Waals surface area contributed by atoms with E-state index in [1.165, 1.54) is 6.07 Å². The van der Waals surface area contributed by atoms with E-state index < -0.39 is 0 Å². The summed E-state index contributed by atoms with van der Waals surface area (Å²) in [5.74, 6) is 0.348. The Bertz CT molecular complexity index is 347. The first kappa shape index (κ1) is 10.4. The van der Waals surface area contributed by atoms with Crippen LogP contribution in [0.2, 0.25) is 0 Å². The molecular weight excluding hydrogens is 193 g/mol. The second kappa shape index (κ2) is 3.81. The average molecular weight is 209 g/mol. The molecule has 15 heavy (non-hydrogen) atoms. The van der Waals surface area contributed by atoms with Gasteiger partial charge in [-0.25, -0.2) is 4.39 Å². The SMILES string of the molecule is CC1CC(CO)(Nc2ccccc2F)C1. The molecule has 0 radical (unpaired) electrons. The lowest BCUT2D eigenvalue weighted by atomic mass is 9.69. The van der Waals surface area contributed by atoms with Crippen LogP contribution < -0.4 is 5.32 Å². The minimum absolute atomic E-state index is 0.0612. The molecule has 0 heterocycles. The average Bonchev–Trinajstić information content (AvgIpc) is 2.18. The predicted octanol–water partition coefficient (Wildman–Crippen LogP) is 2.40. The molecule has 0 aliphatic heterocycles. The maximum Gasteiger partial charge on any atom is 0.146 e. The molecule has 1 aliphatic rings. The Kier molecular flexibility index (Phi) is 2.65. The molecule has 0 saturated heterocycles. The van der Waals surface area contributed by atoms with Gasteiger partial charge in [0.1, 0.15) is 5.82 Å². The van der Waals surface area contributed by atoms with Crippen molar-refractivity contribution in [3.05, 3.63) is 30.1 Å². The largest absolute Gasteiger partial charge is 0.394 e. The lowest BCUT2D eigenvalue weighted by molar-refractivity contribution is 0.0989. The number of rotatable bonds is 3. The van der Waals surface area contributed by atoms with E-state index in [9.17, 15) is 9.50 Å². The highest BCUT2D eigenvalue weighted by Gasteiger charge is 2.41. The van der Waals surface area contributed by atoms with Crippen molar-refractivity contribution in [1.82, 2.24) is 0 Å². The molecule has 1 fully saturated rings. The van der Waals surface area contributed by atoms with E-state index in [1.807, 2.05) is 0 Å². The Morgan fingerprint density at radius 3 is 2.67 bits per heavy atom. The second-order valence-electron chi connectivity index (χ2n) is 4.56. The highest BCUT2D eigenvalue weighted by molar-refractivity contribution is 5.47. The van der Waals surface area contributed by atoms with Crippen LogP contribution in [-0.4, -0.2) is 17.3 Å². The van der Waals surface area contributed by atoms with Gasteiger partial charge in [-0.05, 0) is 30.9 Å². The molecule has 1 aromatic rings. The number of para-hydroxylation sites is 1. The first-order valence-corrected chi connectivity index (χ1v) is 5.29. The van der Waals surface area contributed by atoms with E-state index in [-0.39, 0.29) is 18.0 Å². The Morgan fingerprint density at radius 1 is 1.47 bits per heavy atom. The topological polar surface area (TPSA) is 32.3 Å². The summed E-state index contributed by atoms with van der Waals surface area (Å²) >= 11 is 0. The van der Waals surface area contributed by atoms with Crippen molar-refractivity contribution in [3.8, 4) is 0 Å². The van der Waals surface area contributed by atoms with E-state index in [0.29, 0.717) is 11.6 Å². The predicted molar refractivity (Wildman–Crippen MR) is 58.2 cm³/mol. The van der Waals surface area contributed by atoms with Gasteiger partial charge in [0.15, 0.2) is 0 Å². The van der Waals surface area contributed by atoms with Crippen LogP contribution in [0.15, 0.2) is 24.3 Å². The number of aliphatic hydroxyl groups excluding tert-OH is 1. The van der Waals surface area contributed by atoms with Gasteiger partial charge in [0.25, 0.3) is 0 Å². The summed E-state index contributed by atoms with van der Waals surface area (Å²) in [6.45, 7) is 2.20. The van der Waals surface area contributed by atoms with Crippen LogP contribution in [0, 0.1) is 11.7 Å². The van der Waals surface area contributed by atoms with Crippen molar-refractivity contribution in [2.45, 2.75) is 25.3 Å². The van der Waals surface area contributed by atoms with E-state index in [0.717, 1.165) is 12.8 Å². The minimum Gasteiger partial charge on any atom is -0.394 e. The van der Waals surface area contributed by atoms with Gasteiger partial charge in [-0.1, -0.05) is 19.1 Å². The van der Waals surface area contributed by atoms with Gasteiger partial charge >= 0.3 is 0 Å². The zero-order valence-electron chi connectivity index (χ0n) is 8.83. The molecule has 0 spiro atoms. The van der Waals surface area contributed by atoms with Crippen molar-refractivity contribution in [2.75, 3.05) is 11.9 Å². The minimum atomic E-state index is -0.304. The molecule has 2 nitrogen and oxygen atoms in total. The number of halogens is 1. The van der Waals surface area contributed by atoms with Gasteiger partial charge in [0, 0.05) is 0 Å². The normalized spacial score (nSPS) is 29.7. The second-order valence-corrected chi connectivity index (χ2v) is 4.56. The number of hydrogen-bond donors (Lipinski definition) is 2. The van der Waals surface area contributed by atoms with Crippen LogP contribution in [0.4, 0.5) is 10.1 Å². The van der Waals surface area contributed by atoms with Crippen molar-refractivity contribution < 1.29 is 9.50 Å². The molecule has 1 aromatic carbocycles. The van der Waals surface area contributed by atoms with E-state index in [4.69, 9.17) is 0 Å². The Labute approximate surface area is 89.1 Å². The molecule has 0 amide bonds. The number of aliphatic hydroxyl groups is 1. The zero-order chi connectivity index (χ0) is 10.9. The van der Waals surface area contributed by atoms with Crippen molar-refractivity contribution in [3.63, 3.8) is 0 Å². The first-order valence-electron chi connectivity index (χ1n) is 5.29. The van der Waals surface area contributed by atoms with Gasteiger partial charge in [-0.3, -0.25) is 0 Å². The fourth-order valence-corrected chi connectivity index (χ4v) is 2.39. The molecule has 0 atom stereocenters. The van der Waals surface area contributed by atoms with Crippen LogP contribution in [-0.2, 0) is 0 Å². The molecule has 0 aromatic heterocycles. The Hall–Kier alpha value is -1.09. The van der Waals surface area contributed by atoms with E-state index in [2.05, 4.69) is 12.2 Å². The zero-order valence-corrected chi connectivity index (χ0v) is 8.83. The third kappa shape index (κ3) is 1.97. The molecule has 1 aliphatic carbocycles. The van der Waals surface area contributed by atoms with Crippen molar-refractivity contribution in [1.29, 1.82) is 0 Å². The lowest BCUT2D eigenvalue weighted by Crippen LogP contribution is -2.52. The van der Waals surface area contributed by atoms with Crippen LogP contribution in [0.1, 0.15) is 19.8 Å². The number of anilines is 1. The van der Waals surface area contributed by atoms with Gasteiger partial charge in [0.2, 0.25) is 0 Å². The summed E-state index contributed by atoms with van der Waals surface area (Å²) in [6.07, 6.45) is 1.80. The maximum atomic E-state index is 13.4. The summed E-state index contributed by atoms with van der Waals surface area (Å²) in [4.78, 5) is 0. The van der Waals surface area contributed by atoms with Gasteiger partial charge in [-0.15, -0.1) is 0 Å². The molecule has 2 N–H and O–H groups in total. The monoisotopic (exact) mass is 209 g/mol. The van der Waals surface area contributed by atoms with Crippen LogP contribution >= 0.6 is 0 Å². The van der Waals surface area contributed by atoms with Crippen molar-refractivity contribution >= 4 is 5.69 Å². The van der Waals surface area contributed by atoms with Crippen LogP contribution in [0.5, 0.6) is 0 Å². The van der Waals surface area contributed by atoms with Gasteiger partial charge in [-0.2, -0.15) is 0 Å². The highest BCUT2D eigenvalue weighted by atomic mass is 19.1. The molecule has 0 unspecified atom stereocenters. The standard InChI is InChI=1S/C12H16FNO/c1-9-6-12(7-9,8-15)14-11-5-3-2-4-10(11)13/h2-5,9,14-15H,6-8H2,1H3. The van der Waals surface area contributed by atoms with E-state index in [1.54, 1.807) is 18.2 Å². The molecule has 3 heteroatoms. The number of hydrogen-bond acceptors (Lipinski definition) is 2. The van der Waals surface area contributed by atoms with Gasteiger partial charge < -0.3 is 10.4 Å². The molecule has 0 bridgehead atoms. The molecule has 1 saturated carbocycles. The number of nitrogens with one attached hydrogen (secondary N) is 1. The fourth-order valence-electron chi connectivity index (χ4n) is 2.39. The van der Waals surface area contributed by atoms with Crippen molar-refractivity contribution in [2.24, 2.45) is 5.92 Å². The van der Waals surface area contributed by atoms with Gasteiger partial charge in [0.05, 0.1) is 17.8 Å². The fraction of sp³-hybridized carbons (Fsp3) is 0.500. The maximum absolute atomic E-state index is 13.4. The first-order chi connectivity index (χ1) is 7.15. The summed E-state index contributed by atoms with van der Waals surface area (Å²) in [5.41, 5.74) is 0.181. The smallest absolute Gasteiger partial charge is 0.146 e. The van der Waals surface area contributed by atoms with E-state index >= 15 is 0 Å². The molecule has 2 rings (SSSR count). The third-order valence-electron chi connectivity index (χ3n) is 3.05. The Balaban J connectivity index is 2.11. The highest BCUT2D eigenvalue weighted by Crippen LogP contribution is 2.40. The lowest BCUT2D eigenvalue weighted by Gasteiger charge is -2.46. The molecular formula is C12H16FNO. The summed E-state index contributed by atoms with van der Waals surface area (Å²) in [5, 5.41) is 12.4. The molecule has 82 valence electrons. The quantitative estimate of drug-likeness (QED) is 0.801. The summed E-state index contributed by atoms with van der Waals surface area (Å²) in [6, 6.07) is 6.58. The van der Waals surface area contributed by atoms with Crippen LogP contribution in [0.3, 0.4) is 0 Å². The summed E-state index contributed by atoms with van der Waals surface area (Å²) < 4.78 is 13.4. The Morgan fingerprint density at radius 2 is 2.13 bits per heavy atom. The summed E-state index contributed by atoms with van der Waals surface area (Å²) in [7, 11) is 0. The van der Waals surface area contributed by atoms with Crippen LogP contribution in [0.25, 0.3) is 0 Å².